The molecule has 0 nitrogen and oxygen atoms in total. The average Bonchev–Trinajstić information content (AvgIpc) is 2.80. The number of benzene rings is 2. The minimum Gasteiger partial charge on any atom is -1.00 e. The summed E-state index contributed by atoms with van der Waals surface area (Å²) in [7, 11) is -2.17. The molecule has 1 aliphatic carbocycles. The first-order valence-corrected chi connectivity index (χ1v) is 13.9. The van der Waals surface area contributed by atoms with Crippen LogP contribution in [0.2, 0.25) is 11.6 Å². The van der Waals surface area contributed by atoms with Crippen LogP contribution in [-0.2, 0) is 20.4 Å². The van der Waals surface area contributed by atoms with Crippen molar-refractivity contribution < 1.29 is 57.7 Å². The quantitative estimate of drug-likeness (QED) is 0.373. The third-order valence-corrected chi connectivity index (χ3v) is 15.3. The van der Waals surface area contributed by atoms with Gasteiger partial charge in [0.1, 0.15) is 0 Å². The summed E-state index contributed by atoms with van der Waals surface area (Å²) in [5.74, 6) is 0. The first-order chi connectivity index (χ1) is 13.4. The molecule has 0 amide bonds. The fraction of sp³-hybridized carbons (Fsp3) is 0.407. The molecular weight excluding hydrogens is 507 g/mol. The van der Waals surface area contributed by atoms with Crippen molar-refractivity contribution in [2.45, 2.75) is 73.9 Å². The molecule has 0 saturated carbocycles. The van der Waals surface area contributed by atoms with Crippen molar-refractivity contribution in [3.05, 3.63) is 78.7 Å². The minimum absolute atomic E-state index is 0. The number of hydrogen-bond acceptors (Lipinski definition) is 0. The van der Waals surface area contributed by atoms with Gasteiger partial charge in [0.25, 0.3) is 0 Å². The smallest absolute Gasteiger partial charge is 1.00 e. The van der Waals surface area contributed by atoms with Crippen LogP contribution in [0.3, 0.4) is 0 Å². The number of allylic oxidation sites excluding steroid dienone is 4. The molecule has 0 radical (unpaired) electrons. The van der Waals surface area contributed by atoms with Gasteiger partial charge in [-0.1, -0.05) is 0 Å². The molecule has 2 unspecified atom stereocenters. The fourth-order valence-corrected chi connectivity index (χ4v) is 12.3. The van der Waals surface area contributed by atoms with Gasteiger partial charge in [-0.25, -0.2) is 0 Å². The van der Waals surface area contributed by atoms with Gasteiger partial charge in [0, 0.05) is 0 Å². The van der Waals surface area contributed by atoms with E-state index in [9.17, 15) is 0 Å². The molecule has 3 rings (SSSR count). The van der Waals surface area contributed by atoms with E-state index in [4.69, 9.17) is 0 Å². The normalized spacial score (nSPS) is 19.8. The van der Waals surface area contributed by atoms with E-state index in [1.54, 1.807) is 19.8 Å². The number of rotatable bonds is 3. The second kappa shape index (κ2) is 11.0. The summed E-state index contributed by atoms with van der Waals surface area (Å²) >= 11 is 2.39. The van der Waals surface area contributed by atoms with Crippen LogP contribution in [0.25, 0.3) is 0 Å². The van der Waals surface area contributed by atoms with E-state index < -0.39 is 8.07 Å². The first-order valence-electron chi connectivity index (χ1n) is 10.6. The van der Waals surface area contributed by atoms with Crippen LogP contribution in [0.15, 0.2) is 50.9 Å². The molecule has 0 aromatic heterocycles. The van der Waals surface area contributed by atoms with Gasteiger partial charge in [-0.3, -0.25) is 0 Å². The van der Waals surface area contributed by atoms with E-state index in [1.165, 1.54) is 39.0 Å². The largest absolute Gasteiger partial charge is 1.00 e. The Morgan fingerprint density at radius 3 is 1.44 bits per heavy atom. The SMILES string of the molecule is CC1=C(C)C(C)([Si](C)(c2cc(C)cc(C)c2)c2cc(C)c(C)c(C)c2)[C]([Ti+3])=C1C.[Cl-].[Cl-].[Cl-]. The molecule has 2 aromatic carbocycles. The molecule has 0 fully saturated rings. The molecule has 0 saturated heterocycles. The molecule has 0 N–H and O–H groups in total. The summed E-state index contributed by atoms with van der Waals surface area (Å²) in [6.45, 7) is 23.5. The van der Waals surface area contributed by atoms with Crippen LogP contribution in [-0.4, -0.2) is 8.07 Å². The monoisotopic (exact) mass is 540 g/mol. The molecule has 0 bridgehead atoms. The molecule has 2 aromatic rings. The maximum Gasteiger partial charge on any atom is -1.00 e. The van der Waals surface area contributed by atoms with Gasteiger partial charge in [0.2, 0.25) is 0 Å². The third kappa shape index (κ3) is 4.64. The maximum absolute atomic E-state index is 2.61. The van der Waals surface area contributed by atoms with Crippen LogP contribution in [0.1, 0.15) is 55.5 Å². The summed E-state index contributed by atoms with van der Waals surface area (Å²) < 4.78 is 1.57. The molecule has 2 atom stereocenters. The van der Waals surface area contributed by atoms with Crippen molar-refractivity contribution in [2.24, 2.45) is 0 Å². The Bertz CT molecular complexity index is 1020. The van der Waals surface area contributed by atoms with Crippen molar-refractivity contribution in [1.29, 1.82) is 0 Å². The summed E-state index contributed by atoms with van der Waals surface area (Å²) in [5.41, 5.74) is 11.6. The van der Waals surface area contributed by atoms with Crippen molar-refractivity contribution in [3.63, 3.8) is 0 Å². The van der Waals surface area contributed by atoms with Gasteiger partial charge >= 0.3 is 192 Å². The average molecular weight is 542 g/mol. The van der Waals surface area contributed by atoms with Gasteiger partial charge < -0.3 is 37.2 Å². The fourth-order valence-electron chi connectivity index (χ4n) is 5.36. The van der Waals surface area contributed by atoms with Crippen molar-refractivity contribution in [2.75, 3.05) is 0 Å². The minimum atomic E-state index is -2.17. The summed E-state index contributed by atoms with van der Waals surface area (Å²) in [4.78, 5) is 0. The second-order valence-electron chi connectivity index (χ2n) is 9.61. The van der Waals surface area contributed by atoms with Crippen LogP contribution in [0.4, 0.5) is 0 Å². The van der Waals surface area contributed by atoms with Gasteiger partial charge in [0.05, 0.1) is 0 Å². The van der Waals surface area contributed by atoms with Gasteiger partial charge in [-0.05, 0) is 0 Å². The molecule has 0 heterocycles. The van der Waals surface area contributed by atoms with Crippen LogP contribution < -0.4 is 47.6 Å². The van der Waals surface area contributed by atoms with E-state index in [0.717, 1.165) is 0 Å². The van der Waals surface area contributed by atoms with E-state index in [-0.39, 0.29) is 42.3 Å². The molecular formula is C27H35Cl3SiTi. The Kier molecular flexibility index (Phi) is 10.9. The zero-order valence-electron chi connectivity index (χ0n) is 21.0. The van der Waals surface area contributed by atoms with Crippen LogP contribution in [0, 0.1) is 34.6 Å². The van der Waals surface area contributed by atoms with Gasteiger partial charge in [-0.2, -0.15) is 0 Å². The van der Waals surface area contributed by atoms with Crippen molar-refractivity contribution >= 4 is 18.4 Å². The Labute approximate surface area is 227 Å². The molecule has 0 spiro atoms. The molecule has 172 valence electrons. The number of halogens is 3. The molecule has 0 aliphatic heterocycles. The predicted octanol–water partition coefficient (Wildman–Crippen LogP) is -2.64. The summed E-state index contributed by atoms with van der Waals surface area (Å²) in [6.07, 6.45) is 0. The van der Waals surface area contributed by atoms with E-state index in [2.05, 4.69) is 120 Å². The van der Waals surface area contributed by atoms with Gasteiger partial charge in [-0.15, -0.1) is 0 Å². The molecule has 32 heavy (non-hydrogen) atoms. The van der Waals surface area contributed by atoms with E-state index in [0.29, 0.717) is 0 Å². The zero-order chi connectivity index (χ0) is 21.9. The van der Waals surface area contributed by atoms with Crippen LogP contribution in [0.5, 0.6) is 0 Å². The third-order valence-electron chi connectivity index (χ3n) is 8.05. The standard InChI is InChI=1S/C27H35Si.3ClH.Ti/c1-17-11-18(2)13-25(12-17)28(10,26-14-19(3)22(6)20(4)15-26)27(9)16-21(5)23(7)24(27)8;;;;/h11-15H,1-10H3;3*1H;/q;;;;+3/p-3. The van der Waals surface area contributed by atoms with Crippen molar-refractivity contribution in [3.8, 4) is 0 Å². The van der Waals surface area contributed by atoms with Crippen LogP contribution >= 0.6 is 0 Å². The number of aryl methyl sites for hydroxylation is 4. The van der Waals surface area contributed by atoms with E-state index >= 15 is 0 Å². The zero-order valence-corrected chi connectivity index (χ0v) is 25.8. The molecule has 1 aliphatic rings. The van der Waals surface area contributed by atoms with Crippen molar-refractivity contribution in [1.82, 2.24) is 0 Å². The summed E-state index contributed by atoms with van der Waals surface area (Å²) in [5, 5.41) is 3.20. The number of hydrogen-bond donors (Lipinski definition) is 0. The second-order valence-corrected chi connectivity index (χ2v) is 14.8. The Morgan fingerprint density at radius 2 is 1.06 bits per heavy atom. The van der Waals surface area contributed by atoms with E-state index in [1.807, 2.05) is 0 Å². The topological polar surface area (TPSA) is 0 Å². The maximum atomic E-state index is 2.61. The predicted molar refractivity (Wildman–Crippen MR) is 127 cm³/mol. The molecule has 5 heteroatoms. The Hall–Kier alpha value is -0.279. The van der Waals surface area contributed by atoms with Gasteiger partial charge in [0.15, 0.2) is 0 Å². The summed E-state index contributed by atoms with van der Waals surface area (Å²) in [6, 6.07) is 12.3. The first kappa shape index (κ1) is 31.7. The Morgan fingerprint density at radius 1 is 0.656 bits per heavy atom. The Balaban J connectivity index is 0.00000320.